The van der Waals surface area contributed by atoms with Crippen LogP contribution in [0.1, 0.15) is 51.0 Å². The number of carbonyl (C=O) groups excluding carboxylic acids is 3. The van der Waals surface area contributed by atoms with Gasteiger partial charge in [-0.2, -0.15) is 4.98 Å². The second kappa shape index (κ2) is 13.7. The van der Waals surface area contributed by atoms with Crippen LogP contribution in [0.25, 0.3) is 22.4 Å². The molecule has 13 heteroatoms. The van der Waals surface area contributed by atoms with Crippen LogP contribution in [0, 0.1) is 5.41 Å². The van der Waals surface area contributed by atoms with Gasteiger partial charge in [-0.25, -0.2) is 9.78 Å². The van der Waals surface area contributed by atoms with E-state index in [0.29, 0.717) is 49.4 Å². The van der Waals surface area contributed by atoms with E-state index in [1.165, 1.54) is 10.9 Å². The fourth-order valence-electron chi connectivity index (χ4n) is 4.85. The van der Waals surface area contributed by atoms with Crippen LogP contribution in [0.3, 0.4) is 0 Å². The molecule has 4 aromatic rings. The van der Waals surface area contributed by atoms with Crippen molar-refractivity contribution >= 4 is 28.9 Å². The molecule has 2 aromatic heterocycles. The van der Waals surface area contributed by atoms with Crippen LogP contribution in [-0.2, 0) is 9.53 Å². The largest absolute Gasteiger partial charge is 0.449 e. The molecule has 0 aliphatic carbocycles. The number of unbranched alkanes of at least 4 members (excludes halogenated alkanes) is 1. The first-order valence-electron chi connectivity index (χ1n) is 15.1. The summed E-state index contributed by atoms with van der Waals surface area (Å²) in [5.41, 5.74) is 1.32. The van der Waals surface area contributed by atoms with Gasteiger partial charge in [0.1, 0.15) is 22.8 Å². The monoisotopic (exact) mass is 614 g/mol. The van der Waals surface area contributed by atoms with Gasteiger partial charge in [0.15, 0.2) is 5.82 Å². The highest BCUT2D eigenvalue weighted by molar-refractivity contribution is 5.97. The summed E-state index contributed by atoms with van der Waals surface area (Å²) in [4.78, 5) is 59.5. The molecule has 1 aliphatic rings. The second-order valence-electron chi connectivity index (χ2n) is 11.9. The first-order valence-corrected chi connectivity index (χ1v) is 15.1. The molecule has 0 spiro atoms. The van der Waals surface area contributed by atoms with Crippen molar-refractivity contribution in [3.8, 4) is 17.3 Å². The summed E-state index contributed by atoms with van der Waals surface area (Å²) < 4.78 is 5.32. The molecule has 5 rings (SSSR count). The van der Waals surface area contributed by atoms with Crippen molar-refractivity contribution in [3.63, 3.8) is 0 Å². The Balaban J connectivity index is 1.35. The lowest BCUT2D eigenvalue weighted by molar-refractivity contribution is -0.137. The van der Waals surface area contributed by atoms with Crippen molar-refractivity contribution in [1.29, 1.82) is 0 Å². The zero-order valence-corrected chi connectivity index (χ0v) is 26.0. The molecule has 0 bridgehead atoms. The van der Waals surface area contributed by atoms with E-state index < -0.39 is 17.4 Å². The van der Waals surface area contributed by atoms with Crippen molar-refractivity contribution in [2.75, 3.05) is 32.8 Å². The van der Waals surface area contributed by atoms with E-state index in [1.54, 1.807) is 21.9 Å². The lowest BCUT2D eigenvalue weighted by Crippen LogP contribution is -2.59. The predicted molar refractivity (Wildman–Crippen MR) is 166 cm³/mol. The Morgan fingerprint density at radius 1 is 0.933 bits per heavy atom. The molecular weight excluding hydrogens is 576 g/mol. The topological polar surface area (TPSA) is 145 Å². The molecule has 1 saturated heterocycles. The first-order chi connectivity index (χ1) is 21.6. The maximum Gasteiger partial charge on any atom is 0.409 e. The molecule has 1 unspecified atom stereocenters. The van der Waals surface area contributed by atoms with Crippen LogP contribution in [0.2, 0.25) is 0 Å². The zero-order chi connectivity index (χ0) is 32.0. The van der Waals surface area contributed by atoms with Crippen molar-refractivity contribution in [3.05, 3.63) is 66.4 Å². The molecule has 1 N–H and O–H groups in total. The number of piperazine rings is 1. The number of nitrogens with one attached hydrogen (secondary N) is 1. The predicted octanol–water partition coefficient (Wildman–Crippen LogP) is 3.96. The minimum absolute atomic E-state index is 0.0185. The molecule has 1 aliphatic heterocycles. The molecule has 45 heavy (non-hydrogen) atoms. The molecule has 2 aromatic carbocycles. The van der Waals surface area contributed by atoms with Gasteiger partial charge in [-0.05, 0) is 29.2 Å². The lowest BCUT2D eigenvalue weighted by Gasteiger charge is -2.39. The zero-order valence-electron chi connectivity index (χ0n) is 26.0. The fourth-order valence-corrected chi connectivity index (χ4v) is 4.85. The maximum absolute atomic E-state index is 13.8. The van der Waals surface area contributed by atoms with Gasteiger partial charge in [-0.1, -0.05) is 81.4 Å². The molecule has 1 fully saturated rings. The van der Waals surface area contributed by atoms with Crippen LogP contribution in [0.4, 0.5) is 4.79 Å². The summed E-state index contributed by atoms with van der Waals surface area (Å²) in [7, 11) is 0. The number of para-hydroxylation sites is 1. The summed E-state index contributed by atoms with van der Waals surface area (Å²) in [5, 5.41) is 11.1. The number of amides is 3. The van der Waals surface area contributed by atoms with E-state index in [0.717, 1.165) is 12.8 Å². The normalized spacial score (nSPS) is 14.2. The van der Waals surface area contributed by atoms with E-state index in [-0.39, 0.29) is 29.4 Å². The molecule has 13 nitrogen and oxygen atoms in total. The highest BCUT2D eigenvalue weighted by Crippen LogP contribution is 2.24. The average molecular weight is 615 g/mol. The number of carbonyl (C=O) groups is 3. The van der Waals surface area contributed by atoms with Crippen LogP contribution in [0.5, 0.6) is 5.88 Å². The molecule has 0 saturated carbocycles. The Labute approximate surface area is 261 Å². The van der Waals surface area contributed by atoms with Crippen molar-refractivity contribution < 1.29 is 24.0 Å². The Bertz CT molecular complexity index is 1640. The van der Waals surface area contributed by atoms with Gasteiger partial charge in [-0.15, -0.1) is 5.10 Å². The Morgan fingerprint density at radius 3 is 2.33 bits per heavy atom. The summed E-state index contributed by atoms with van der Waals surface area (Å²) in [5.74, 6) is -0.458. The molecular formula is C32H38N8O5. The van der Waals surface area contributed by atoms with E-state index in [4.69, 9.17) is 9.57 Å². The Kier molecular flexibility index (Phi) is 9.55. The van der Waals surface area contributed by atoms with Gasteiger partial charge in [0.2, 0.25) is 5.91 Å². The number of rotatable bonds is 9. The Morgan fingerprint density at radius 2 is 1.62 bits per heavy atom. The third-order valence-corrected chi connectivity index (χ3v) is 7.43. The third kappa shape index (κ3) is 7.54. The fraction of sp³-hybridized carbons (Fsp3) is 0.406. The number of aromatic nitrogens is 5. The summed E-state index contributed by atoms with van der Waals surface area (Å²) in [6, 6.07) is 17.0. The quantitative estimate of drug-likeness (QED) is 0.277. The number of nitrogens with zero attached hydrogens (tertiary/aromatic N) is 7. The van der Waals surface area contributed by atoms with Gasteiger partial charge >= 0.3 is 6.09 Å². The first kappa shape index (κ1) is 31.4. The van der Waals surface area contributed by atoms with Crippen LogP contribution in [-0.4, -0.2) is 91.7 Å². The standard InChI is InChI=1S/C32H38N8O5/c1-5-6-20-44-31(43)39-18-16-38(17-19-39)30(42)27(32(2,3)4)35-29(41)24-21-26(34-28(33-24)22-12-8-7-9-13-22)45-40-25-15-11-10-14-23(25)36-37-40/h7-15,21,27H,5-6,16-20H2,1-4H3,(H,35,41). The van der Waals surface area contributed by atoms with Crippen LogP contribution < -0.4 is 10.2 Å². The Hall–Kier alpha value is -5.07. The number of hydrogen-bond acceptors (Lipinski definition) is 9. The maximum atomic E-state index is 13.8. The van der Waals surface area contributed by atoms with Gasteiger partial charge in [-0.3, -0.25) is 9.59 Å². The van der Waals surface area contributed by atoms with E-state index in [2.05, 4.69) is 25.6 Å². The van der Waals surface area contributed by atoms with Gasteiger partial charge in [0.05, 0.1) is 6.61 Å². The number of benzene rings is 2. The molecule has 3 amide bonds. The number of fused-ring (bicyclic) bond motifs is 1. The molecule has 0 radical (unpaired) electrons. The minimum atomic E-state index is -0.869. The highest BCUT2D eigenvalue weighted by Gasteiger charge is 2.38. The highest BCUT2D eigenvalue weighted by atomic mass is 16.7. The van der Waals surface area contributed by atoms with E-state index in [9.17, 15) is 14.4 Å². The lowest BCUT2D eigenvalue weighted by atomic mass is 9.85. The smallest absolute Gasteiger partial charge is 0.409 e. The van der Waals surface area contributed by atoms with Gasteiger partial charge in [0, 0.05) is 37.8 Å². The molecule has 3 heterocycles. The third-order valence-electron chi connectivity index (χ3n) is 7.43. The van der Waals surface area contributed by atoms with Crippen LogP contribution >= 0.6 is 0 Å². The average Bonchev–Trinajstić information content (AvgIpc) is 3.45. The summed E-state index contributed by atoms with van der Waals surface area (Å²) >= 11 is 0. The summed E-state index contributed by atoms with van der Waals surface area (Å²) in [6.07, 6.45) is 1.37. The van der Waals surface area contributed by atoms with E-state index >= 15 is 0 Å². The van der Waals surface area contributed by atoms with Crippen molar-refractivity contribution in [2.45, 2.75) is 46.6 Å². The van der Waals surface area contributed by atoms with Crippen molar-refractivity contribution in [1.82, 2.24) is 40.2 Å². The van der Waals surface area contributed by atoms with Crippen LogP contribution in [0.15, 0.2) is 60.7 Å². The van der Waals surface area contributed by atoms with Gasteiger partial charge in [0.25, 0.3) is 11.8 Å². The van der Waals surface area contributed by atoms with E-state index in [1.807, 2.05) is 70.2 Å². The molecule has 1 atom stereocenters. The molecule has 236 valence electrons. The SMILES string of the molecule is CCCCOC(=O)N1CCN(C(=O)C(NC(=O)c2cc(On3nnc4ccccc43)nc(-c3ccccc3)n2)C(C)(C)C)CC1. The second-order valence-corrected chi connectivity index (χ2v) is 11.9. The number of ether oxygens (including phenoxy) is 1. The van der Waals surface area contributed by atoms with Crippen molar-refractivity contribution in [2.24, 2.45) is 5.41 Å². The minimum Gasteiger partial charge on any atom is -0.449 e. The summed E-state index contributed by atoms with van der Waals surface area (Å²) in [6.45, 7) is 9.44. The van der Waals surface area contributed by atoms with Gasteiger partial charge < -0.3 is 24.7 Å². The number of hydrogen-bond donors (Lipinski definition) is 1.